The number of pyridine rings is 1. The van der Waals surface area contributed by atoms with Crippen molar-refractivity contribution in [3.63, 3.8) is 0 Å². The van der Waals surface area contributed by atoms with Gasteiger partial charge in [0.1, 0.15) is 17.8 Å². The smallest absolute Gasteiger partial charge is 0.272 e. The van der Waals surface area contributed by atoms with E-state index < -0.39 is 0 Å². The molecule has 3 heterocycles. The van der Waals surface area contributed by atoms with E-state index in [-0.39, 0.29) is 5.91 Å². The molecule has 1 fully saturated rings. The second-order valence-corrected chi connectivity index (χ2v) is 6.22. The van der Waals surface area contributed by atoms with Crippen molar-refractivity contribution in [3.8, 4) is 0 Å². The summed E-state index contributed by atoms with van der Waals surface area (Å²) in [4.78, 5) is 41.3. The molecule has 0 saturated carbocycles. The minimum Gasteiger partial charge on any atom is -0.359 e. The number of likely N-dealkylation sites (N-methyl/N-ethyl adjacent to an activating group) is 1. The Morgan fingerprint density at radius 1 is 1.19 bits per heavy atom. The molecule has 2 aromatic rings. The Balaban J connectivity index is 1.62. The Bertz CT molecular complexity index is 746. The minimum atomic E-state index is -0.123. The molecule has 0 aromatic carbocycles. The molecule has 3 rings (SSSR count). The number of piperazine rings is 1. The number of amides is 2. The summed E-state index contributed by atoms with van der Waals surface area (Å²) in [6.45, 7) is 2.92. The first-order chi connectivity index (χ1) is 12.7. The summed E-state index contributed by atoms with van der Waals surface area (Å²) < 4.78 is 0. The molecule has 2 amide bonds. The molecule has 0 radical (unpaired) electrons. The van der Waals surface area contributed by atoms with E-state index >= 15 is 0 Å². The number of hydrogen-bond donors (Lipinski definition) is 0. The van der Waals surface area contributed by atoms with Crippen LogP contribution in [0.3, 0.4) is 0 Å². The van der Waals surface area contributed by atoms with Gasteiger partial charge in [0, 0.05) is 58.2 Å². The molecule has 0 bridgehead atoms. The van der Waals surface area contributed by atoms with Crippen LogP contribution in [0, 0.1) is 0 Å². The van der Waals surface area contributed by atoms with Gasteiger partial charge in [-0.05, 0) is 24.1 Å². The molecule has 0 unspecified atom stereocenters. The van der Waals surface area contributed by atoms with Crippen molar-refractivity contribution < 1.29 is 9.59 Å². The molecule has 0 spiro atoms. The fourth-order valence-corrected chi connectivity index (χ4v) is 2.83. The first-order valence-corrected chi connectivity index (χ1v) is 8.58. The van der Waals surface area contributed by atoms with E-state index in [1.807, 2.05) is 24.1 Å². The van der Waals surface area contributed by atoms with Gasteiger partial charge in [0.15, 0.2) is 0 Å². The number of anilines is 1. The van der Waals surface area contributed by atoms with E-state index in [9.17, 15) is 9.59 Å². The van der Waals surface area contributed by atoms with Crippen LogP contribution in [-0.2, 0) is 11.2 Å². The van der Waals surface area contributed by atoms with Crippen LogP contribution in [0.15, 0.2) is 36.9 Å². The lowest BCUT2D eigenvalue weighted by Gasteiger charge is -2.32. The summed E-state index contributed by atoms with van der Waals surface area (Å²) in [5.41, 5.74) is 1.58. The van der Waals surface area contributed by atoms with Gasteiger partial charge in [0.25, 0.3) is 5.91 Å². The summed E-state index contributed by atoms with van der Waals surface area (Å²) in [5, 5.41) is 0. The van der Waals surface area contributed by atoms with E-state index in [4.69, 9.17) is 0 Å². The molecule has 1 aliphatic heterocycles. The normalized spacial score (nSPS) is 14.2. The average Bonchev–Trinajstić information content (AvgIpc) is 2.72. The quantitative estimate of drug-likeness (QED) is 0.701. The van der Waals surface area contributed by atoms with Gasteiger partial charge >= 0.3 is 0 Å². The number of carbonyl (C=O) groups excluding carboxylic acids is 2. The Morgan fingerprint density at radius 3 is 2.62 bits per heavy atom. The molecule has 8 heteroatoms. The summed E-state index contributed by atoms with van der Waals surface area (Å²) in [6.07, 6.45) is 6.66. The van der Waals surface area contributed by atoms with Crippen LogP contribution in [0.5, 0.6) is 0 Å². The zero-order valence-electron chi connectivity index (χ0n) is 14.8. The van der Waals surface area contributed by atoms with Crippen molar-refractivity contribution in [2.75, 3.05) is 44.7 Å². The van der Waals surface area contributed by atoms with Gasteiger partial charge in [-0.1, -0.05) is 0 Å². The van der Waals surface area contributed by atoms with Gasteiger partial charge in [-0.15, -0.1) is 0 Å². The molecular weight excluding hydrogens is 332 g/mol. The molecule has 136 valence electrons. The van der Waals surface area contributed by atoms with Gasteiger partial charge in [0.05, 0.1) is 0 Å². The summed E-state index contributed by atoms with van der Waals surface area (Å²) >= 11 is 0. The fraction of sp³-hybridized carbons (Fsp3) is 0.389. The predicted molar refractivity (Wildman–Crippen MR) is 96.8 cm³/mol. The Morgan fingerprint density at radius 2 is 1.92 bits per heavy atom. The average molecular weight is 354 g/mol. The van der Waals surface area contributed by atoms with E-state index in [1.54, 1.807) is 28.3 Å². The lowest BCUT2D eigenvalue weighted by molar-refractivity contribution is -0.119. The Kier molecular flexibility index (Phi) is 5.73. The van der Waals surface area contributed by atoms with Gasteiger partial charge in [-0.3, -0.25) is 14.6 Å². The molecule has 8 nitrogen and oxygen atoms in total. The third kappa shape index (κ3) is 4.33. The van der Waals surface area contributed by atoms with Crippen LogP contribution < -0.4 is 4.90 Å². The Hall–Kier alpha value is -3.03. The van der Waals surface area contributed by atoms with E-state index in [0.717, 1.165) is 19.4 Å². The van der Waals surface area contributed by atoms with Crippen LogP contribution >= 0.6 is 0 Å². The highest BCUT2D eigenvalue weighted by atomic mass is 16.2. The van der Waals surface area contributed by atoms with E-state index in [2.05, 4.69) is 15.0 Å². The maximum absolute atomic E-state index is 12.7. The molecule has 0 atom stereocenters. The lowest BCUT2D eigenvalue weighted by Crippen LogP contribution is -2.48. The van der Waals surface area contributed by atoms with Crippen molar-refractivity contribution in [3.05, 3.63) is 48.2 Å². The summed E-state index contributed by atoms with van der Waals surface area (Å²) in [6, 6.07) is 5.70. The molecule has 26 heavy (non-hydrogen) atoms. The Labute approximate surface area is 152 Å². The van der Waals surface area contributed by atoms with Crippen LogP contribution in [0.4, 0.5) is 5.82 Å². The second-order valence-electron chi connectivity index (χ2n) is 6.22. The highest BCUT2D eigenvalue weighted by Gasteiger charge is 2.22. The largest absolute Gasteiger partial charge is 0.359 e. The monoisotopic (exact) mass is 354 g/mol. The van der Waals surface area contributed by atoms with Gasteiger partial charge in [-0.2, -0.15) is 0 Å². The highest BCUT2D eigenvalue weighted by Crippen LogP contribution is 2.13. The number of carbonyl (C=O) groups is 2. The first-order valence-electron chi connectivity index (χ1n) is 8.58. The minimum absolute atomic E-state index is 0.123. The summed E-state index contributed by atoms with van der Waals surface area (Å²) in [5.74, 6) is 0.589. The standard InChI is InChI=1S/C18H22N6O2/c1-22(7-4-15-2-5-19-6-3-15)17-12-16(20-13-21-17)18(26)24-10-8-23(14-25)9-11-24/h2-3,5-6,12-14H,4,7-11H2,1H3. The third-order valence-electron chi connectivity index (χ3n) is 4.50. The van der Waals surface area contributed by atoms with E-state index in [0.29, 0.717) is 37.7 Å². The maximum atomic E-state index is 12.7. The number of nitrogens with zero attached hydrogens (tertiary/aromatic N) is 6. The second kappa shape index (κ2) is 8.37. The zero-order valence-corrected chi connectivity index (χ0v) is 14.8. The number of hydrogen-bond acceptors (Lipinski definition) is 6. The molecule has 1 saturated heterocycles. The van der Waals surface area contributed by atoms with Gasteiger partial charge < -0.3 is 14.7 Å². The highest BCUT2D eigenvalue weighted by molar-refractivity contribution is 5.93. The van der Waals surface area contributed by atoms with Crippen LogP contribution in [0.2, 0.25) is 0 Å². The molecule has 0 N–H and O–H groups in total. The topological polar surface area (TPSA) is 82.5 Å². The van der Waals surface area contributed by atoms with Crippen molar-refractivity contribution in [2.45, 2.75) is 6.42 Å². The van der Waals surface area contributed by atoms with Gasteiger partial charge in [0.2, 0.25) is 6.41 Å². The number of aromatic nitrogens is 3. The third-order valence-corrected chi connectivity index (χ3v) is 4.50. The molecule has 1 aliphatic rings. The van der Waals surface area contributed by atoms with Crippen molar-refractivity contribution in [1.82, 2.24) is 24.8 Å². The van der Waals surface area contributed by atoms with E-state index in [1.165, 1.54) is 11.9 Å². The maximum Gasteiger partial charge on any atom is 0.272 e. The lowest BCUT2D eigenvalue weighted by atomic mass is 10.2. The fourth-order valence-electron chi connectivity index (χ4n) is 2.83. The molecular formula is C18H22N6O2. The van der Waals surface area contributed by atoms with Crippen LogP contribution in [-0.4, -0.2) is 76.8 Å². The summed E-state index contributed by atoms with van der Waals surface area (Å²) in [7, 11) is 1.95. The predicted octanol–water partition coefficient (Wildman–Crippen LogP) is 0.465. The zero-order chi connectivity index (χ0) is 18.4. The SMILES string of the molecule is CN(CCc1ccncc1)c1cc(C(=O)N2CCN(C=O)CC2)ncn1. The van der Waals surface area contributed by atoms with Gasteiger partial charge in [-0.25, -0.2) is 9.97 Å². The van der Waals surface area contributed by atoms with Crippen molar-refractivity contribution in [1.29, 1.82) is 0 Å². The van der Waals surface area contributed by atoms with Crippen LogP contribution in [0.25, 0.3) is 0 Å². The first kappa shape index (κ1) is 17.8. The van der Waals surface area contributed by atoms with Crippen LogP contribution in [0.1, 0.15) is 16.1 Å². The number of rotatable bonds is 6. The molecule has 0 aliphatic carbocycles. The molecule has 2 aromatic heterocycles. The van der Waals surface area contributed by atoms with Crippen molar-refractivity contribution in [2.24, 2.45) is 0 Å². The van der Waals surface area contributed by atoms with Crippen molar-refractivity contribution >= 4 is 18.1 Å².